The van der Waals surface area contributed by atoms with Crippen molar-refractivity contribution in [3.63, 3.8) is 0 Å². The molecule has 5 nitrogen and oxygen atoms in total. The number of ketones is 1. The predicted molar refractivity (Wildman–Crippen MR) is 77.4 cm³/mol. The molecule has 0 bridgehead atoms. The highest BCUT2D eigenvalue weighted by Crippen LogP contribution is 2.11. The standard InChI is InChI=1S/C15H15N3O2/c1-10(19)11-2-5-13(6-3-11)18-15(20)8-14-7-4-12(16)9-17-14/h2-7,9H,8,16H2,1H3,(H,18,20). The number of aromatic nitrogens is 1. The van der Waals surface area contributed by atoms with Gasteiger partial charge >= 0.3 is 0 Å². The summed E-state index contributed by atoms with van der Waals surface area (Å²) in [5, 5.41) is 2.75. The average Bonchev–Trinajstić information content (AvgIpc) is 2.42. The van der Waals surface area contributed by atoms with Gasteiger partial charge < -0.3 is 11.1 Å². The van der Waals surface area contributed by atoms with Crippen LogP contribution in [0.25, 0.3) is 0 Å². The largest absolute Gasteiger partial charge is 0.397 e. The van der Waals surface area contributed by atoms with E-state index in [-0.39, 0.29) is 18.1 Å². The van der Waals surface area contributed by atoms with E-state index in [4.69, 9.17) is 5.73 Å². The molecule has 1 amide bonds. The lowest BCUT2D eigenvalue weighted by Gasteiger charge is -2.05. The Kier molecular flexibility index (Phi) is 4.10. The zero-order chi connectivity index (χ0) is 14.5. The maximum atomic E-state index is 11.8. The summed E-state index contributed by atoms with van der Waals surface area (Å²) in [4.78, 5) is 27.0. The molecular formula is C15H15N3O2. The summed E-state index contributed by atoms with van der Waals surface area (Å²) in [6.07, 6.45) is 1.69. The lowest BCUT2D eigenvalue weighted by atomic mass is 10.1. The summed E-state index contributed by atoms with van der Waals surface area (Å²) >= 11 is 0. The summed E-state index contributed by atoms with van der Waals surface area (Å²) in [5.41, 5.74) is 8.01. The van der Waals surface area contributed by atoms with Gasteiger partial charge in [0.05, 0.1) is 18.3 Å². The number of rotatable bonds is 4. The van der Waals surface area contributed by atoms with Crippen LogP contribution in [-0.4, -0.2) is 16.7 Å². The van der Waals surface area contributed by atoms with Gasteiger partial charge in [-0.15, -0.1) is 0 Å². The fourth-order valence-corrected chi connectivity index (χ4v) is 1.70. The van der Waals surface area contributed by atoms with Crippen LogP contribution in [0.1, 0.15) is 23.0 Å². The van der Waals surface area contributed by atoms with E-state index in [2.05, 4.69) is 10.3 Å². The molecule has 1 heterocycles. The molecule has 0 saturated heterocycles. The van der Waals surface area contributed by atoms with Crippen LogP contribution in [0.2, 0.25) is 0 Å². The van der Waals surface area contributed by atoms with Crippen molar-refractivity contribution >= 4 is 23.1 Å². The molecule has 0 fully saturated rings. The minimum Gasteiger partial charge on any atom is -0.397 e. The molecule has 2 rings (SSSR count). The van der Waals surface area contributed by atoms with Crippen molar-refractivity contribution in [1.29, 1.82) is 0 Å². The Morgan fingerprint density at radius 3 is 2.40 bits per heavy atom. The topological polar surface area (TPSA) is 85.1 Å². The second-order valence-corrected chi connectivity index (χ2v) is 4.44. The number of nitrogen functional groups attached to an aromatic ring is 1. The van der Waals surface area contributed by atoms with Gasteiger partial charge in [-0.2, -0.15) is 0 Å². The van der Waals surface area contributed by atoms with E-state index in [9.17, 15) is 9.59 Å². The number of Topliss-reactive ketones (excluding diaryl/α,β-unsaturated/α-hetero) is 1. The van der Waals surface area contributed by atoms with E-state index in [0.29, 0.717) is 22.6 Å². The van der Waals surface area contributed by atoms with Gasteiger partial charge in [-0.1, -0.05) is 0 Å². The SMILES string of the molecule is CC(=O)c1ccc(NC(=O)Cc2ccc(N)cn2)cc1. The van der Waals surface area contributed by atoms with E-state index >= 15 is 0 Å². The number of pyridine rings is 1. The van der Waals surface area contributed by atoms with Gasteiger partial charge in [-0.05, 0) is 43.3 Å². The van der Waals surface area contributed by atoms with Gasteiger partial charge in [0, 0.05) is 16.9 Å². The molecule has 0 aliphatic carbocycles. The van der Waals surface area contributed by atoms with Gasteiger partial charge in [0.2, 0.25) is 5.91 Å². The number of hydrogen-bond donors (Lipinski definition) is 2. The molecule has 0 radical (unpaired) electrons. The van der Waals surface area contributed by atoms with E-state index < -0.39 is 0 Å². The number of nitrogens with zero attached hydrogens (tertiary/aromatic N) is 1. The minimum atomic E-state index is -0.169. The molecule has 5 heteroatoms. The lowest BCUT2D eigenvalue weighted by molar-refractivity contribution is -0.115. The molecule has 0 saturated carbocycles. The highest BCUT2D eigenvalue weighted by Gasteiger charge is 2.06. The van der Waals surface area contributed by atoms with Crippen LogP contribution in [0.15, 0.2) is 42.6 Å². The minimum absolute atomic E-state index is 0.00560. The number of anilines is 2. The smallest absolute Gasteiger partial charge is 0.230 e. The Hall–Kier alpha value is -2.69. The molecule has 0 unspecified atom stereocenters. The van der Waals surface area contributed by atoms with E-state index in [0.717, 1.165) is 0 Å². The highest BCUT2D eigenvalue weighted by molar-refractivity contribution is 5.96. The lowest BCUT2D eigenvalue weighted by Crippen LogP contribution is -2.15. The third-order valence-electron chi connectivity index (χ3n) is 2.76. The van der Waals surface area contributed by atoms with E-state index in [1.165, 1.54) is 13.1 Å². The van der Waals surface area contributed by atoms with Crippen LogP contribution in [0.3, 0.4) is 0 Å². The Labute approximate surface area is 116 Å². The van der Waals surface area contributed by atoms with Crippen LogP contribution in [-0.2, 0) is 11.2 Å². The fourth-order valence-electron chi connectivity index (χ4n) is 1.70. The fraction of sp³-hybridized carbons (Fsp3) is 0.133. The van der Waals surface area contributed by atoms with Gasteiger partial charge in [0.15, 0.2) is 5.78 Å². The first-order valence-electron chi connectivity index (χ1n) is 6.16. The van der Waals surface area contributed by atoms with E-state index in [1.807, 2.05) is 0 Å². The van der Waals surface area contributed by atoms with Crippen LogP contribution in [0, 0.1) is 0 Å². The average molecular weight is 269 g/mol. The van der Waals surface area contributed by atoms with Crippen LogP contribution in [0.5, 0.6) is 0 Å². The first kappa shape index (κ1) is 13.7. The number of nitrogens with two attached hydrogens (primary N) is 1. The molecule has 0 atom stereocenters. The molecule has 0 aliphatic heterocycles. The van der Waals surface area contributed by atoms with Crippen LogP contribution < -0.4 is 11.1 Å². The number of hydrogen-bond acceptors (Lipinski definition) is 4. The summed E-state index contributed by atoms with van der Waals surface area (Å²) in [7, 11) is 0. The summed E-state index contributed by atoms with van der Waals surface area (Å²) in [5.74, 6) is -0.174. The quantitative estimate of drug-likeness (QED) is 0.832. The maximum absolute atomic E-state index is 11.8. The summed E-state index contributed by atoms with van der Waals surface area (Å²) in [6, 6.07) is 10.2. The number of carbonyl (C=O) groups is 2. The van der Waals surface area contributed by atoms with Gasteiger partial charge in [0.1, 0.15) is 0 Å². The number of nitrogens with one attached hydrogen (secondary N) is 1. The molecule has 0 spiro atoms. The molecule has 102 valence electrons. The van der Waals surface area contributed by atoms with Crippen molar-refractivity contribution in [1.82, 2.24) is 4.98 Å². The molecule has 1 aromatic heterocycles. The van der Waals surface area contributed by atoms with Crippen LogP contribution >= 0.6 is 0 Å². The Morgan fingerprint density at radius 1 is 1.15 bits per heavy atom. The number of amides is 1. The highest BCUT2D eigenvalue weighted by atomic mass is 16.1. The maximum Gasteiger partial charge on any atom is 0.230 e. The molecule has 2 aromatic rings. The summed E-state index contributed by atoms with van der Waals surface area (Å²) in [6.45, 7) is 1.50. The predicted octanol–water partition coefficient (Wildman–Crippen LogP) is 2.05. The molecule has 0 aliphatic rings. The zero-order valence-corrected chi connectivity index (χ0v) is 11.1. The van der Waals surface area contributed by atoms with Gasteiger partial charge in [0.25, 0.3) is 0 Å². The third-order valence-corrected chi connectivity index (χ3v) is 2.76. The van der Waals surface area contributed by atoms with Crippen molar-refractivity contribution in [2.45, 2.75) is 13.3 Å². The molecule has 1 aromatic carbocycles. The first-order chi connectivity index (χ1) is 9.54. The molecular weight excluding hydrogens is 254 g/mol. The van der Waals surface area contributed by atoms with Crippen molar-refractivity contribution in [3.05, 3.63) is 53.9 Å². The second-order valence-electron chi connectivity index (χ2n) is 4.44. The number of benzene rings is 1. The van der Waals surface area contributed by atoms with E-state index in [1.54, 1.807) is 36.4 Å². The first-order valence-corrected chi connectivity index (χ1v) is 6.16. The summed E-state index contributed by atoms with van der Waals surface area (Å²) < 4.78 is 0. The number of carbonyl (C=O) groups excluding carboxylic acids is 2. The van der Waals surface area contributed by atoms with Crippen molar-refractivity contribution in [2.24, 2.45) is 0 Å². The van der Waals surface area contributed by atoms with Crippen molar-refractivity contribution in [2.75, 3.05) is 11.1 Å². The Balaban J connectivity index is 1.97. The normalized spacial score (nSPS) is 10.1. The van der Waals surface area contributed by atoms with Crippen LogP contribution in [0.4, 0.5) is 11.4 Å². The van der Waals surface area contributed by atoms with Gasteiger partial charge in [-0.3, -0.25) is 14.6 Å². The molecule has 20 heavy (non-hydrogen) atoms. The third kappa shape index (κ3) is 3.65. The van der Waals surface area contributed by atoms with Crippen molar-refractivity contribution < 1.29 is 9.59 Å². The monoisotopic (exact) mass is 269 g/mol. The molecule has 3 N–H and O–H groups in total. The Bertz CT molecular complexity index is 619. The van der Waals surface area contributed by atoms with Crippen molar-refractivity contribution in [3.8, 4) is 0 Å². The Morgan fingerprint density at radius 2 is 1.85 bits per heavy atom. The zero-order valence-electron chi connectivity index (χ0n) is 11.1. The van der Waals surface area contributed by atoms with Gasteiger partial charge in [-0.25, -0.2) is 0 Å². The second kappa shape index (κ2) is 5.97.